The zero-order chi connectivity index (χ0) is 19.7. The fourth-order valence-corrected chi connectivity index (χ4v) is 4.78. The maximum Gasteiger partial charge on any atom is 0.241 e. The van der Waals surface area contributed by atoms with Gasteiger partial charge >= 0.3 is 0 Å². The van der Waals surface area contributed by atoms with Crippen molar-refractivity contribution in [3.05, 3.63) is 64.1 Å². The first-order valence-electron chi connectivity index (χ1n) is 8.82. The molecule has 1 saturated carbocycles. The molecule has 0 heterocycles. The zero-order valence-corrected chi connectivity index (χ0v) is 17.8. The van der Waals surface area contributed by atoms with Gasteiger partial charge in [0.15, 0.2) is 0 Å². The number of para-hydroxylation sites is 1. The standard InChI is InChI=1S/C20H23BrN2O3S/c1-15-7-3-4-10-18(15)23(27(2,25)26)14-19(24)22-20(11-6-12-20)16-8-5-9-17(21)13-16/h3-5,7-10,13H,6,11-12,14H2,1-2H3,(H,22,24). The summed E-state index contributed by atoms with van der Waals surface area (Å²) in [5.74, 6) is -0.302. The third-order valence-corrected chi connectivity index (χ3v) is 6.65. The second-order valence-electron chi connectivity index (χ2n) is 7.05. The molecule has 0 aromatic heterocycles. The maximum atomic E-state index is 12.8. The Morgan fingerprint density at radius 3 is 2.44 bits per heavy atom. The van der Waals surface area contributed by atoms with E-state index in [1.165, 1.54) is 4.31 Å². The molecule has 2 aromatic rings. The number of aryl methyl sites for hydroxylation is 1. The fourth-order valence-electron chi connectivity index (χ4n) is 3.46. The lowest BCUT2D eigenvalue weighted by atomic mass is 9.72. The number of benzene rings is 2. The minimum atomic E-state index is -3.59. The SMILES string of the molecule is Cc1ccccc1N(CC(=O)NC1(c2cccc(Br)c2)CCC1)S(C)(=O)=O. The number of carbonyl (C=O) groups is 1. The van der Waals surface area contributed by atoms with Gasteiger partial charge in [-0.3, -0.25) is 9.10 Å². The summed E-state index contributed by atoms with van der Waals surface area (Å²) in [6.07, 6.45) is 3.84. The minimum absolute atomic E-state index is 0.237. The van der Waals surface area contributed by atoms with E-state index in [2.05, 4.69) is 21.2 Å². The van der Waals surface area contributed by atoms with Crippen molar-refractivity contribution in [3.8, 4) is 0 Å². The van der Waals surface area contributed by atoms with Crippen LogP contribution in [0.5, 0.6) is 0 Å². The van der Waals surface area contributed by atoms with Crippen LogP contribution in [0.25, 0.3) is 0 Å². The number of carbonyl (C=O) groups excluding carboxylic acids is 1. The van der Waals surface area contributed by atoms with E-state index in [9.17, 15) is 13.2 Å². The summed E-state index contributed by atoms with van der Waals surface area (Å²) in [6, 6.07) is 15.1. The molecule has 7 heteroatoms. The summed E-state index contributed by atoms with van der Waals surface area (Å²) >= 11 is 3.48. The Hall–Kier alpha value is -1.86. The molecule has 0 radical (unpaired) electrons. The van der Waals surface area contributed by atoms with Crippen molar-refractivity contribution in [2.75, 3.05) is 17.1 Å². The van der Waals surface area contributed by atoms with E-state index < -0.39 is 15.6 Å². The predicted molar refractivity (Wildman–Crippen MR) is 111 cm³/mol. The Morgan fingerprint density at radius 2 is 1.89 bits per heavy atom. The number of nitrogens with one attached hydrogen (secondary N) is 1. The Kier molecular flexibility index (Phi) is 5.63. The Bertz CT molecular complexity index is 955. The van der Waals surface area contributed by atoms with Crippen LogP contribution in [0.3, 0.4) is 0 Å². The number of sulfonamides is 1. The van der Waals surface area contributed by atoms with Gasteiger partial charge in [0.2, 0.25) is 15.9 Å². The van der Waals surface area contributed by atoms with E-state index in [0.717, 1.165) is 41.1 Å². The van der Waals surface area contributed by atoms with Crippen LogP contribution in [-0.4, -0.2) is 27.1 Å². The third kappa shape index (κ3) is 4.35. The smallest absolute Gasteiger partial charge is 0.241 e. The molecular formula is C20H23BrN2O3S. The molecule has 0 unspecified atom stereocenters. The molecule has 5 nitrogen and oxygen atoms in total. The normalized spacial score (nSPS) is 15.7. The lowest BCUT2D eigenvalue weighted by Crippen LogP contribution is -2.53. The predicted octanol–water partition coefficient (Wildman–Crippen LogP) is 3.72. The first-order valence-corrected chi connectivity index (χ1v) is 11.5. The maximum absolute atomic E-state index is 12.8. The number of hydrogen-bond acceptors (Lipinski definition) is 3. The van der Waals surface area contributed by atoms with Gasteiger partial charge in [0.1, 0.15) is 6.54 Å². The van der Waals surface area contributed by atoms with Gasteiger partial charge in [0.05, 0.1) is 17.5 Å². The molecule has 2 aromatic carbocycles. The largest absolute Gasteiger partial charge is 0.345 e. The average Bonchev–Trinajstić information content (AvgIpc) is 2.56. The molecule has 0 aliphatic heterocycles. The lowest BCUT2D eigenvalue weighted by Gasteiger charge is -2.43. The molecule has 0 bridgehead atoms. The molecule has 144 valence electrons. The summed E-state index contributed by atoms with van der Waals surface area (Å²) in [4.78, 5) is 12.8. The first-order chi connectivity index (χ1) is 12.7. The van der Waals surface area contributed by atoms with Crippen molar-refractivity contribution in [3.63, 3.8) is 0 Å². The van der Waals surface area contributed by atoms with Crippen molar-refractivity contribution < 1.29 is 13.2 Å². The van der Waals surface area contributed by atoms with Gasteiger partial charge in [0, 0.05) is 4.47 Å². The quantitative estimate of drug-likeness (QED) is 0.728. The minimum Gasteiger partial charge on any atom is -0.345 e. The first kappa shape index (κ1) is 19.9. The van der Waals surface area contributed by atoms with E-state index >= 15 is 0 Å². The van der Waals surface area contributed by atoms with Crippen LogP contribution in [0.15, 0.2) is 53.0 Å². The number of halogens is 1. The third-order valence-electron chi connectivity index (χ3n) is 5.03. The van der Waals surface area contributed by atoms with Crippen molar-refractivity contribution in [2.45, 2.75) is 31.7 Å². The van der Waals surface area contributed by atoms with Crippen molar-refractivity contribution in [1.29, 1.82) is 0 Å². The summed E-state index contributed by atoms with van der Waals surface area (Å²) in [6.45, 7) is 1.60. The zero-order valence-electron chi connectivity index (χ0n) is 15.4. The molecule has 1 N–H and O–H groups in total. The fraction of sp³-hybridized carbons (Fsp3) is 0.350. The number of rotatable bonds is 6. The van der Waals surface area contributed by atoms with Crippen LogP contribution in [0.1, 0.15) is 30.4 Å². The molecule has 0 spiro atoms. The summed E-state index contributed by atoms with van der Waals surface area (Å²) in [5, 5.41) is 3.10. The Morgan fingerprint density at radius 1 is 1.19 bits per heavy atom. The summed E-state index contributed by atoms with van der Waals surface area (Å²) in [5.41, 5.74) is 1.95. The topological polar surface area (TPSA) is 66.5 Å². The highest BCUT2D eigenvalue weighted by atomic mass is 79.9. The van der Waals surface area contributed by atoms with Crippen LogP contribution >= 0.6 is 15.9 Å². The van der Waals surface area contributed by atoms with Gasteiger partial charge in [-0.1, -0.05) is 46.3 Å². The van der Waals surface area contributed by atoms with Gasteiger partial charge in [-0.05, 0) is 55.5 Å². The van der Waals surface area contributed by atoms with Gasteiger partial charge in [0.25, 0.3) is 0 Å². The number of hydrogen-bond donors (Lipinski definition) is 1. The van der Waals surface area contributed by atoms with E-state index in [1.54, 1.807) is 12.1 Å². The number of nitrogens with zero attached hydrogens (tertiary/aromatic N) is 1. The van der Waals surface area contributed by atoms with Gasteiger partial charge in [-0.15, -0.1) is 0 Å². The highest BCUT2D eigenvalue weighted by Gasteiger charge is 2.40. The second-order valence-corrected chi connectivity index (χ2v) is 9.87. The molecule has 1 amide bonds. The molecule has 1 aliphatic rings. The monoisotopic (exact) mass is 450 g/mol. The van der Waals surface area contributed by atoms with E-state index in [0.29, 0.717) is 5.69 Å². The van der Waals surface area contributed by atoms with Crippen molar-refractivity contribution in [2.24, 2.45) is 0 Å². The van der Waals surface area contributed by atoms with Crippen LogP contribution in [-0.2, 0) is 20.4 Å². The van der Waals surface area contributed by atoms with E-state index in [-0.39, 0.29) is 12.5 Å². The summed E-state index contributed by atoms with van der Waals surface area (Å²) < 4.78 is 26.8. The van der Waals surface area contributed by atoms with Gasteiger partial charge < -0.3 is 5.32 Å². The lowest BCUT2D eigenvalue weighted by molar-refractivity contribution is -0.122. The number of anilines is 1. The van der Waals surface area contributed by atoms with Gasteiger partial charge in [-0.2, -0.15) is 0 Å². The molecule has 0 atom stereocenters. The highest BCUT2D eigenvalue weighted by Crippen LogP contribution is 2.42. The Labute approximate surface area is 169 Å². The number of amides is 1. The molecule has 1 aliphatic carbocycles. The van der Waals surface area contributed by atoms with E-state index in [1.807, 2.05) is 43.3 Å². The van der Waals surface area contributed by atoms with Crippen molar-refractivity contribution >= 4 is 37.5 Å². The molecule has 27 heavy (non-hydrogen) atoms. The Balaban J connectivity index is 1.83. The highest BCUT2D eigenvalue weighted by molar-refractivity contribution is 9.10. The van der Waals surface area contributed by atoms with Crippen LogP contribution < -0.4 is 9.62 Å². The second kappa shape index (κ2) is 7.64. The van der Waals surface area contributed by atoms with Crippen LogP contribution in [0.2, 0.25) is 0 Å². The summed E-state index contributed by atoms with van der Waals surface area (Å²) in [7, 11) is -3.59. The molecule has 3 rings (SSSR count). The van der Waals surface area contributed by atoms with Crippen molar-refractivity contribution in [1.82, 2.24) is 5.32 Å². The molecular weight excluding hydrogens is 428 g/mol. The van der Waals surface area contributed by atoms with Crippen LogP contribution in [0, 0.1) is 6.92 Å². The molecule has 0 saturated heterocycles. The molecule has 1 fully saturated rings. The average molecular weight is 451 g/mol. The van der Waals surface area contributed by atoms with E-state index in [4.69, 9.17) is 0 Å². The van der Waals surface area contributed by atoms with Gasteiger partial charge in [-0.25, -0.2) is 8.42 Å². The van der Waals surface area contributed by atoms with Crippen LogP contribution in [0.4, 0.5) is 5.69 Å².